The van der Waals surface area contributed by atoms with Crippen molar-refractivity contribution in [2.45, 2.75) is 20.0 Å². The van der Waals surface area contributed by atoms with Gasteiger partial charge in [-0.2, -0.15) is 5.10 Å². The molecule has 0 spiro atoms. The van der Waals surface area contributed by atoms with Crippen molar-refractivity contribution >= 4 is 5.97 Å². The summed E-state index contributed by atoms with van der Waals surface area (Å²) in [5.41, 5.74) is 0.894. The van der Waals surface area contributed by atoms with Gasteiger partial charge in [0.15, 0.2) is 0 Å². The van der Waals surface area contributed by atoms with Gasteiger partial charge in [0, 0.05) is 20.2 Å². The van der Waals surface area contributed by atoms with E-state index >= 15 is 0 Å². The molecule has 0 aliphatic rings. The molecule has 1 unspecified atom stereocenters. The lowest BCUT2D eigenvalue weighted by molar-refractivity contribution is -0.146. The number of carbonyl (C=O) groups is 1. The molecule has 1 aromatic rings. The lowest BCUT2D eigenvalue weighted by Crippen LogP contribution is -2.09. The van der Waals surface area contributed by atoms with Crippen LogP contribution < -0.4 is 0 Å². The number of ether oxygens (including phenoxy) is 1. The molecule has 1 heterocycles. The number of aromatic nitrogens is 2. The van der Waals surface area contributed by atoms with Crippen LogP contribution in [0.2, 0.25) is 0 Å². The summed E-state index contributed by atoms with van der Waals surface area (Å²) in [5.74, 6) is -0.274. The largest absolute Gasteiger partial charge is 0.456 e. The predicted molar refractivity (Wildman–Crippen MR) is 43.4 cm³/mol. The molecule has 0 N–H and O–H groups in total. The fourth-order valence-electron chi connectivity index (χ4n) is 1.09. The van der Waals surface area contributed by atoms with Crippen LogP contribution in [0.1, 0.15) is 25.6 Å². The molecule has 0 bridgehead atoms. The average molecular weight is 168 g/mol. The summed E-state index contributed by atoms with van der Waals surface area (Å²) < 4.78 is 6.66. The van der Waals surface area contributed by atoms with Gasteiger partial charge in [-0.3, -0.25) is 9.48 Å². The summed E-state index contributed by atoms with van der Waals surface area (Å²) in [4.78, 5) is 10.6. The molecule has 0 fully saturated rings. The molecule has 0 aromatic carbocycles. The Kier molecular flexibility index (Phi) is 2.47. The first-order chi connectivity index (χ1) is 5.61. The number of hydrogen-bond donors (Lipinski definition) is 0. The zero-order valence-corrected chi connectivity index (χ0v) is 7.44. The highest BCUT2D eigenvalue weighted by molar-refractivity contribution is 5.66. The summed E-state index contributed by atoms with van der Waals surface area (Å²) in [6.45, 7) is 3.21. The van der Waals surface area contributed by atoms with Crippen molar-refractivity contribution in [1.29, 1.82) is 0 Å². The van der Waals surface area contributed by atoms with Gasteiger partial charge >= 0.3 is 5.97 Å². The monoisotopic (exact) mass is 168 g/mol. The van der Waals surface area contributed by atoms with Gasteiger partial charge in [-0.15, -0.1) is 0 Å². The van der Waals surface area contributed by atoms with E-state index in [1.54, 1.807) is 10.9 Å². The molecule has 0 saturated carbocycles. The van der Waals surface area contributed by atoms with Crippen molar-refractivity contribution in [3.8, 4) is 0 Å². The van der Waals surface area contributed by atoms with E-state index < -0.39 is 0 Å². The van der Waals surface area contributed by atoms with Crippen LogP contribution in [0.5, 0.6) is 0 Å². The SMILES string of the molecule is CC(=O)OC(C)c1ccnn1C. The second kappa shape index (κ2) is 3.38. The maximum absolute atomic E-state index is 10.6. The number of nitrogens with zero attached hydrogens (tertiary/aromatic N) is 2. The Hall–Kier alpha value is -1.32. The molecular formula is C8H12N2O2. The second-order valence-corrected chi connectivity index (χ2v) is 2.63. The van der Waals surface area contributed by atoms with Gasteiger partial charge in [0.1, 0.15) is 6.10 Å². The average Bonchev–Trinajstić information content (AvgIpc) is 2.33. The van der Waals surface area contributed by atoms with Gasteiger partial charge in [-0.05, 0) is 13.0 Å². The van der Waals surface area contributed by atoms with E-state index in [4.69, 9.17) is 4.74 Å². The Balaban J connectivity index is 2.71. The first kappa shape index (κ1) is 8.77. The Morgan fingerprint density at radius 2 is 2.42 bits per heavy atom. The van der Waals surface area contributed by atoms with Crippen molar-refractivity contribution in [1.82, 2.24) is 9.78 Å². The van der Waals surface area contributed by atoms with Crippen LogP contribution >= 0.6 is 0 Å². The number of rotatable bonds is 2. The number of carbonyl (C=O) groups excluding carboxylic acids is 1. The highest BCUT2D eigenvalue weighted by Gasteiger charge is 2.11. The number of aryl methyl sites for hydroxylation is 1. The smallest absolute Gasteiger partial charge is 0.303 e. The van der Waals surface area contributed by atoms with Crippen LogP contribution in [0.3, 0.4) is 0 Å². The molecule has 4 nitrogen and oxygen atoms in total. The van der Waals surface area contributed by atoms with E-state index in [-0.39, 0.29) is 12.1 Å². The van der Waals surface area contributed by atoms with Crippen molar-refractivity contribution in [2.24, 2.45) is 7.05 Å². The highest BCUT2D eigenvalue weighted by atomic mass is 16.5. The first-order valence-electron chi connectivity index (χ1n) is 3.76. The fourth-order valence-corrected chi connectivity index (χ4v) is 1.09. The van der Waals surface area contributed by atoms with E-state index in [2.05, 4.69) is 5.10 Å². The van der Waals surface area contributed by atoms with E-state index in [1.165, 1.54) is 6.92 Å². The maximum Gasteiger partial charge on any atom is 0.303 e. The molecular weight excluding hydrogens is 156 g/mol. The third kappa shape index (κ3) is 1.84. The van der Waals surface area contributed by atoms with Crippen molar-refractivity contribution in [2.75, 3.05) is 0 Å². The minimum atomic E-state index is -0.274. The van der Waals surface area contributed by atoms with Gasteiger partial charge < -0.3 is 4.74 Å². The molecule has 1 aromatic heterocycles. The third-order valence-corrected chi connectivity index (χ3v) is 1.62. The number of esters is 1. The van der Waals surface area contributed by atoms with E-state index in [0.29, 0.717) is 0 Å². The van der Waals surface area contributed by atoms with E-state index in [1.807, 2.05) is 20.0 Å². The number of hydrogen-bond acceptors (Lipinski definition) is 3. The molecule has 0 aliphatic carbocycles. The highest BCUT2D eigenvalue weighted by Crippen LogP contribution is 2.14. The molecule has 0 amide bonds. The van der Waals surface area contributed by atoms with Crippen LogP contribution in [0.25, 0.3) is 0 Å². The Morgan fingerprint density at radius 1 is 1.75 bits per heavy atom. The van der Waals surface area contributed by atoms with Gasteiger partial charge in [-0.25, -0.2) is 0 Å². The Morgan fingerprint density at radius 3 is 2.83 bits per heavy atom. The minimum Gasteiger partial charge on any atom is -0.456 e. The molecule has 4 heteroatoms. The summed E-state index contributed by atoms with van der Waals surface area (Å²) in [6, 6.07) is 1.83. The Labute approximate surface area is 71.1 Å². The molecule has 0 radical (unpaired) electrons. The quantitative estimate of drug-likeness (QED) is 0.620. The van der Waals surface area contributed by atoms with E-state index in [0.717, 1.165) is 5.69 Å². The van der Waals surface area contributed by atoms with Gasteiger partial charge in [0.05, 0.1) is 5.69 Å². The van der Waals surface area contributed by atoms with Gasteiger partial charge in [-0.1, -0.05) is 0 Å². The lowest BCUT2D eigenvalue weighted by atomic mass is 10.3. The predicted octanol–water partition coefficient (Wildman–Crippen LogP) is 1.04. The topological polar surface area (TPSA) is 44.1 Å². The summed E-state index contributed by atoms with van der Waals surface area (Å²) in [7, 11) is 1.81. The summed E-state index contributed by atoms with van der Waals surface area (Å²) in [6.07, 6.45) is 1.45. The van der Waals surface area contributed by atoms with E-state index in [9.17, 15) is 4.79 Å². The van der Waals surface area contributed by atoms with Gasteiger partial charge in [0.25, 0.3) is 0 Å². The minimum absolute atomic E-state index is 0.227. The first-order valence-corrected chi connectivity index (χ1v) is 3.76. The van der Waals surface area contributed by atoms with Crippen LogP contribution in [-0.2, 0) is 16.6 Å². The van der Waals surface area contributed by atoms with Crippen LogP contribution in [0, 0.1) is 0 Å². The molecule has 12 heavy (non-hydrogen) atoms. The van der Waals surface area contributed by atoms with Gasteiger partial charge in [0.2, 0.25) is 0 Å². The van der Waals surface area contributed by atoms with Crippen LogP contribution in [-0.4, -0.2) is 15.7 Å². The maximum atomic E-state index is 10.6. The molecule has 1 rings (SSSR count). The standard InChI is InChI=1S/C8H12N2O2/c1-6(12-7(2)11)8-4-5-9-10(8)3/h4-6H,1-3H3. The van der Waals surface area contributed by atoms with Crippen molar-refractivity contribution in [3.05, 3.63) is 18.0 Å². The zero-order valence-electron chi connectivity index (χ0n) is 7.44. The summed E-state index contributed by atoms with van der Waals surface area (Å²) in [5, 5.41) is 3.97. The lowest BCUT2D eigenvalue weighted by Gasteiger charge is -2.11. The summed E-state index contributed by atoms with van der Waals surface area (Å²) >= 11 is 0. The third-order valence-electron chi connectivity index (χ3n) is 1.62. The Bertz CT molecular complexity index is 280. The molecule has 1 atom stereocenters. The van der Waals surface area contributed by atoms with Crippen molar-refractivity contribution in [3.63, 3.8) is 0 Å². The van der Waals surface area contributed by atoms with Crippen LogP contribution in [0.15, 0.2) is 12.3 Å². The van der Waals surface area contributed by atoms with Crippen LogP contribution in [0.4, 0.5) is 0 Å². The molecule has 66 valence electrons. The fraction of sp³-hybridized carbons (Fsp3) is 0.500. The second-order valence-electron chi connectivity index (χ2n) is 2.63. The molecule has 0 aliphatic heterocycles. The normalized spacial score (nSPS) is 12.6. The van der Waals surface area contributed by atoms with Crippen molar-refractivity contribution < 1.29 is 9.53 Å². The molecule has 0 saturated heterocycles. The zero-order chi connectivity index (χ0) is 9.14.